The third-order valence-electron chi connectivity index (χ3n) is 3.16. The highest BCUT2D eigenvalue weighted by Crippen LogP contribution is 2.05. The normalized spacial score (nSPS) is 19.0. The maximum Gasteiger partial charge on any atom is 0.216 e. The zero-order valence-corrected chi connectivity index (χ0v) is 10.8. The Balaban J connectivity index is 2.06. The van der Waals surface area contributed by atoms with Gasteiger partial charge in [0.15, 0.2) is 0 Å². The lowest BCUT2D eigenvalue weighted by molar-refractivity contribution is -0.118. The van der Waals surface area contributed by atoms with E-state index in [2.05, 4.69) is 29.0 Å². The van der Waals surface area contributed by atoms with E-state index in [9.17, 15) is 4.79 Å². The lowest BCUT2D eigenvalue weighted by Gasteiger charge is -2.36. The summed E-state index contributed by atoms with van der Waals surface area (Å²) in [6, 6.07) is 0.668. The molecule has 1 saturated heterocycles. The van der Waals surface area contributed by atoms with Gasteiger partial charge in [0.1, 0.15) is 0 Å². The van der Waals surface area contributed by atoms with Crippen LogP contribution in [0.3, 0.4) is 0 Å². The molecule has 0 bridgehead atoms. The third kappa shape index (κ3) is 4.94. The van der Waals surface area contributed by atoms with Crippen molar-refractivity contribution in [1.82, 2.24) is 15.1 Å². The van der Waals surface area contributed by atoms with Gasteiger partial charge in [-0.05, 0) is 26.8 Å². The predicted molar refractivity (Wildman–Crippen MR) is 66.4 cm³/mol. The van der Waals surface area contributed by atoms with Crippen LogP contribution < -0.4 is 5.32 Å². The van der Waals surface area contributed by atoms with Gasteiger partial charge < -0.3 is 10.2 Å². The van der Waals surface area contributed by atoms with E-state index in [4.69, 9.17) is 0 Å². The molecule has 1 amide bonds. The van der Waals surface area contributed by atoms with E-state index < -0.39 is 0 Å². The highest BCUT2D eigenvalue weighted by Gasteiger charge is 2.17. The summed E-state index contributed by atoms with van der Waals surface area (Å²) >= 11 is 0. The van der Waals surface area contributed by atoms with Crippen molar-refractivity contribution in [2.24, 2.45) is 0 Å². The Morgan fingerprint density at radius 2 is 1.88 bits per heavy atom. The average Bonchev–Trinajstić information content (AvgIpc) is 2.25. The molecule has 0 saturated carbocycles. The standard InChI is InChI=1S/C12H25N3O/c1-11(2)15-9-7-14(8-10-15)6-4-5-13-12(3)16/h11H,4-10H2,1-3H3,(H,13,16). The van der Waals surface area contributed by atoms with Crippen LogP contribution in [0.5, 0.6) is 0 Å². The van der Waals surface area contributed by atoms with Gasteiger partial charge in [-0.1, -0.05) is 0 Å². The zero-order valence-electron chi connectivity index (χ0n) is 10.8. The minimum atomic E-state index is 0.0737. The average molecular weight is 227 g/mol. The Bertz CT molecular complexity index is 210. The Morgan fingerprint density at radius 1 is 1.25 bits per heavy atom. The van der Waals surface area contributed by atoms with Gasteiger partial charge in [0.05, 0.1) is 0 Å². The van der Waals surface area contributed by atoms with E-state index in [-0.39, 0.29) is 5.91 Å². The molecular formula is C12H25N3O. The monoisotopic (exact) mass is 227 g/mol. The smallest absolute Gasteiger partial charge is 0.216 e. The van der Waals surface area contributed by atoms with Gasteiger partial charge in [0.2, 0.25) is 5.91 Å². The van der Waals surface area contributed by atoms with Crippen LogP contribution in [-0.4, -0.2) is 61.0 Å². The van der Waals surface area contributed by atoms with Crippen LogP contribution >= 0.6 is 0 Å². The molecule has 0 aromatic carbocycles. The molecule has 1 rings (SSSR count). The molecular weight excluding hydrogens is 202 g/mol. The largest absolute Gasteiger partial charge is 0.356 e. The van der Waals surface area contributed by atoms with Gasteiger partial charge in [-0.25, -0.2) is 0 Å². The molecule has 4 heteroatoms. The molecule has 0 spiro atoms. The van der Waals surface area contributed by atoms with E-state index in [1.165, 1.54) is 13.1 Å². The van der Waals surface area contributed by atoms with Crippen molar-refractivity contribution < 1.29 is 4.79 Å². The van der Waals surface area contributed by atoms with Crippen LogP contribution in [0.15, 0.2) is 0 Å². The van der Waals surface area contributed by atoms with Crippen LogP contribution in [0.1, 0.15) is 27.2 Å². The summed E-state index contributed by atoms with van der Waals surface area (Å²) in [6.45, 7) is 12.7. The first kappa shape index (κ1) is 13.5. The van der Waals surface area contributed by atoms with E-state index >= 15 is 0 Å². The molecule has 1 heterocycles. The van der Waals surface area contributed by atoms with Gasteiger partial charge in [0, 0.05) is 45.7 Å². The number of hydrogen-bond donors (Lipinski definition) is 1. The molecule has 1 fully saturated rings. The number of amides is 1. The van der Waals surface area contributed by atoms with E-state index in [0.29, 0.717) is 6.04 Å². The molecule has 4 nitrogen and oxygen atoms in total. The van der Waals surface area contributed by atoms with Crippen LogP contribution in [0.2, 0.25) is 0 Å². The van der Waals surface area contributed by atoms with Crippen molar-refractivity contribution in [1.29, 1.82) is 0 Å². The van der Waals surface area contributed by atoms with Gasteiger partial charge in [-0.2, -0.15) is 0 Å². The second-order valence-electron chi connectivity index (χ2n) is 4.81. The molecule has 0 aliphatic carbocycles. The van der Waals surface area contributed by atoms with Crippen molar-refractivity contribution >= 4 is 5.91 Å². The Hall–Kier alpha value is -0.610. The molecule has 0 aromatic heterocycles. The number of piperazine rings is 1. The van der Waals surface area contributed by atoms with Crippen LogP contribution in [-0.2, 0) is 4.79 Å². The lowest BCUT2D eigenvalue weighted by atomic mass is 10.2. The molecule has 0 atom stereocenters. The number of hydrogen-bond acceptors (Lipinski definition) is 3. The van der Waals surface area contributed by atoms with Crippen LogP contribution in [0.4, 0.5) is 0 Å². The Morgan fingerprint density at radius 3 is 2.38 bits per heavy atom. The summed E-state index contributed by atoms with van der Waals surface area (Å²) in [4.78, 5) is 15.7. The fourth-order valence-electron chi connectivity index (χ4n) is 2.07. The molecule has 16 heavy (non-hydrogen) atoms. The van der Waals surface area contributed by atoms with Crippen molar-refractivity contribution in [3.63, 3.8) is 0 Å². The summed E-state index contributed by atoms with van der Waals surface area (Å²) in [7, 11) is 0. The number of nitrogens with one attached hydrogen (secondary N) is 1. The fraction of sp³-hybridized carbons (Fsp3) is 0.917. The number of rotatable bonds is 5. The molecule has 0 radical (unpaired) electrons. The molecule has 1 N–H and O–H groups in total. The van der Waals surface area contributed by atoms with Crippen molar-refractivity contribution in [3.05, 3.63) is 0 Å². The second-order valence-corrected chi connectivity index (χ2v) is 4.81. The van der Waals surface area contributed by atoms with Gasteiger partial charge in [-0.15, -0.1) is 0 Å². The van der Waals surface area contributed by atoms with Gasteiger partial charge in [-0.3, -0.25) is 9.69 Å². The number of nitrogens with zero attached hydrogens (tertiary/aromatic N) is 2. The first-order chi connectivity index (χ1) is 7.59. The lowest BCUT2D eigenvalue weighted by Crippen LogP contribution is -2.49. The Labute approximate surface area is 99.0 Å². The molecule has 1 aliphatic heterocycles. The van der Waals surface area contributed by atoms with Gasteiger partial charge in [0.25, 0.3) is 0 Å². The summed E-state index contributed by atoms with van der Waals surface area (Å²) in [6.07, 6.45) is 1.06. The van der Waals surface area contributed by atoms with E-state index in [1.807, 2.05) is 0 Å². The summed E-state index contributed by atoms with van der Waals surface area (Å²) < 4.78 is 0. The van der Waals surface area contributed by atoms with Gasteiger partial charge >= 0.3 is 0 Å². The first-order valence-corrected chi connectivity index (χ1v) is 6.30. The third-order valence-corrected chi connectivity index (χ3v) is 3.16. The number of carbonyl (C=O) groups excluding carboxylic acids is 1. The summed E-state index contributed by atoms with van der Waals surface area (Å²) in [5, 5.41) is 2.84. The number of carbonyl (C=O) groups is 1. The SMILES string of the molecule is CC(=O)NCCCN1CCN(C(C)C)CC1. The van der Waals surface area contributed by atoms with E-state index in [0.717, 1.165) is 32.6 Å². The predicted octanol–water partition coefficient (Wildman–Crippen LogP) is 0.539. The highest BCUT2D eigenvalue weighted by atomic mass is 16.1. The van der Waals surface area contributed by atoms with Crippen LogP contribution in [0.25, 0.3) is 0 Å². The maximum absolute atomic E-state index is 10.7. The fourth-order valence-corrected chi connectivity index (χ4v) is 2.07. The van der Waals surface area contributed by atoms with E-state index in [1.54, 1.807) is 6.92 Å². The molecule has 0 unspecified atom stereocenters. The Kier molecular flexibility index (Phi) is 5.77. The molecule has 1 aliphatic rings. The van der Waals surface area contributed by atoms with Crippen LogP contribution in [0, 0.1) is 0 Å². The minimum absolute atomic E-state index is 0.0737. The first-order valence-electron chi connectivity index (χ1n) is 6.30. The topological polar surface area (TPSA) is 35.6 Å². The van der Waals surface area contributed by atoms with Crippen molar-refractivity contribution in [3.8, 4) is 0 Å². The second kappa shape index (κ2) is 6.86. The maximum atomic E-state index is 10.7. The zero-order chi connectivity index (χ0) is 12.0. The quantitative estimate of drug-likeness (QED) is 0.696. The highest BCUT2D eigenvalue weighted by molar-refractivity contribution is 5.72. The summed E-state index contributed by atoms with van der Waals surface area (Å²) in [5.74, 6) is 0.0737. The summed E-state index contributed by atoms with van der Waals surface area (Å²) in [5.41, 5.74) is 0. The van der Waals surface area contributed by atoms with Crippen molar-refractivity contribution in [2.45, 2.75) is 33.2 Å². The van der Waals surface area contributed by atoms with Crippen molar-refractivity contribution in [2.75, 3.05) is 39.3 Å². The molecule has 94 valence electrons. The molecule has 0 aromatic rings. The minimum Gasteiger partial charge on any atom is -0.356 e.